The molecule has 2 aromatic rings. The SMILES string of the molecule is O=C(N[C@@H](c1ccccc1)P(=O)(O)O)C(=O)c1ccccc1. The van der Waals surface area contributed by atoms with E-state index in [9.17, 15) is 23.9 Å². The Hall–Kier alpha value is -2.27. The topological polar surface area (TPSA) is 104 Å². The van der Waals surface area contributed by atoms with Crippen molar-refractivity contribution in [1.82, 2.24) is 5.32 Å². The summed E-state index contributed by atoms with van der Waals surface area (Å²) >= 11 is 0. The molecule has 0 aliphatic heterocycles. The van der Waals surface area contributed by atoms with Gasteiger partial charge in [-0.1, -0.05) is 60.7 Å². The molecule has 0 aliphatic rings. The van der Waals surface area contributed by atoms with Crippen LogP contribution >= 0.6 is 7.60 Å². The maximum Gasteiger partial charge on any atom is 0.352 e. The fourth-order valence-corrected chi connectivity index (χ4v) is 2.75. The lowest BCUT2D eigenvalue weighted by atomic mass is 10.1. The zero-order valence-electron chi connectivity index (χ0n) is 11.4. The zero-order valence-corrected chi connectivity index (χ0v) is 12.3. The predicted octanol–water partition coefficient (Wildman–Crippen LogP) is 1.86. The second kappa shape index (κ2) is 6.66. The van der Waals surface area contributed by atoms with Gasteiger partial charge in [0.15, 0.2) is 5.78 Å². The summed E-state index contributed by atoms with van der Waals surface area (Å²) in [5.74, 6) is -3.48. The average molecular weight is 319 g/mol. The van der Waals surface area contributed by atoms with Crippen molar-refractivity contribution >= 4 is 19.3 Å². The van der Waals surface area contributed by atoms with Gasteiger partial charge >= 0.3 is 7.60 Å². The van der Waals surface area contributed by atoms with Gasteiger partial charge < -0.3 is 15.1 Å². The van der Waals surface area contributed by atoms with Gasteiger partial charge in [0.1, 0.15) is 0 Å². The number of Topliss-reactive ketones (excluding diaryl/α,β-unsaturated/α-hetero) is 1. The molecular formula is C15H14NO5P. The van der Waals surface area contributed by atoms with Crippen molar-refractivity contribution in [3.05, 3.63) is 71.8 Å². The van der Waals surface area contributed by atoms with Gasteiger partial charge in [0.25, 0.3) is 5.91 Å². The maximum atomic E-state index is 12.0. The number of benzene rings is 2. The van der Waals surface area contributed by atoms with Crippen molar-refractivity contribution in [2.24, 2.45) is 0 Å². The Balaban J connectivity index is 2.23. The summed E-state index contributed by atoms with van der Waals surface area (Å²) in [4.78, 5) is 42.8. The Morgan fingerprint density at radius 2 is 1.41 bits per heavy atom. The highest BCUT2D eigenvalue weighted by atomic mass is 31.2. The zero-order chi connectivity index (χ0) is 16.2. The van der Waals surface area contributed by atoms with Crippen LogP contribution in [0.15, 0.2) is 60.7 Å². The Kier molecular flexibility index (Phi) is 4.88. The molecule has 0 aromatic heterocycles. The van der Waals surface area contributed by atoms with Gasteiger partial charge in [-0.05, 0) is 5.56 Å². The molecule has 114 valence electrons. The van der Waals surface area contributed by atoms with Gasteiger partial charge in [0, 0.05) is 5.56 Å². The minimum Gasteiger partial charge on any atom is -0.331 e. The lowest BCUT2D eigenvalue weighted by Gasteiger charge is -2.19. The number of rotatable bonds is 5. The van der Waals surface area contributed by atoms with Crippen molar-refractivity contribution < 1.29 is 23.9 Å². The van der Waals surface area contributed by atoms with E-state index in [-0.39, 0.29) is 11.1 Å². The third-order valence-electron chi connectivity index (χ3n) is 2.96. The molecule has 0 spiro atoms. The second-order valence-electron chi connectivity index (χ2n) is 4.57. The molecule has 2 aromatic carbocycles. The lowest BCUT2D eigenvalue weighted by molar-refractivity contribution is -0.117. The summed E-state index contributed by atoms with van der Waals surface area (Å²) in [6.45, 7) is 0. The van der Waals surface area contributed by atoms with E-state index in [1.54, 1.807) is 36.4 Å². The second-order valence-corrected chi connectivity index (χ2v) is 6.27. The number of nitrogens with one attached hydrogen (secondary N) is 1. The van der Waals surface area contributed by atoms with Gasteiger partial charge in [-0.3, -0.25) is 14.2 Å². The Morgan fingerprint density at radius 3 is 1.91 bits per heavy atom. The molecule has 0 saturated carbocycles. The number of carbonyl (C=O) groups excluding carboxylic acids is 2. The van der Waals surface area contributed by atoms with Crippen molar-refractivity contribution in [1.29, 1.82) is 0 Å². The number of carbonyl (C=O) groups is 2. The van der Waals surface area contributed by atoms with Crippen LogP contribution in [0.25, 0.3) is 0 Å². The third kappa shape index (κ3) is 3.89. The Bertz CT molecular complexity index is 711. The van der Waals surface area contributed by atoms with Crippen LogP contribution in [0.2, 0.25) is 0 Å². The van der Waals surface area contributed by atoms with Gasteiger partial charge in [-0.2, -0.15) is 0 Å². The van der Waals surface area contributed by atoms with Crippen LogP contribution in [-0.4, -0.2) is 21.5 Å². The minimum absolute atomic E-state index is 0.150. The molecule has 6 nitrogen and oxygen atoms in total. The highest BCUT2D eigenvalue weighted by Gasteiger charge is 2.33. The largest absolute Gasteiger partial charge is 0.352 e. The highest BCUT2D eigenvalue weighted by Crippen LogP contribution is 2.49. The van der Waals surface area contributed by atoms with E-state index < -0.39 is 25.1 Å². The van der Waals surface area contributed by atoms with Crippen LogP contribution in [0, 0.1) is 0 Å². The van der Waals surface area contributed by atoms with E-state index in [0.29, 0.717) is 0 Å². The minimum atomic E-state index is -4.67. The fraction of sp³-hybridized carbons (Fsp3) is 0.0667. The molecular weight excluding hydrogens is 305 g/mol. The van der Waals surface area contributed by atoms with Crippen LogP contribution < -0.4 is 5.32 Å². The summed E-state index contributed by atoms with van der Waals surface area (Å²) in [6, 6.07) is 15.6. The molecule has 7 heteroatoms. The molecule has 0 heterocycles. The van der Waals surface area contributed by atoms with Crippen LogP contribution in [-0.2, 0) is 9.36 Å². The van der Waals surface area contributed by atoms with Crippen LogP contribution in [0.5, 0.6) is 0 Å². The van der Waals surface area contributed by atoms with E-state index in [1.165, 1.54) is 24.3 Å². The lowest BCUT2D eigenvalue weighted by Crippen LogP contribution is -2.34. The van der Waals surface area contributed by atoms with Crippen molar-refractivity contribution in [3.63, 3.8) is 0 Å². The Morgan fingerprint density at radius 1 is 0.909 bits per heavy atom. The summed E-state index contributed by atoms with van der Waals surface area (Å²) in [6.07, 6.45) is 0. The molecule has 22 heavy (non-hydrogen) atoms. The van der Waals surface area contributed by atoms with E-state index in [4.69, 9.17) is 0 Å². The molecule has 0 unspecified atom stereocenters. The molecule has 2 rings (SSSR count). The molecule has 0 radical (unpaired) electrons. The molecule has 3 N–H and O–H groups in total. The molecule has 1 amide bonds. The standard InChI is InChI=1S/C15H14NO5P/c17-13(11-7-3-1-4-8-11)14(18)16-15(22(19,20)21)12-9-5-2-6-10-12/h1-10,15H,(H,16,18)(H2,19,20,21)/t15-/m1/s1. The monoisotopic (exact) mass is 319 g/mol. The first-order chi connectivity index (χ1) is 10.4. The summed E-state index contributed by atoms with van der Waals surface area (Å²) in [7, 11) is -4.67. The van der Waals surface area contributed by atoms with Crippen LogP contribution in [0.1, 0.15) is 21.7 Å². The first kappa shape index (κ1) is 16.1. The molecule has 0 aliphatic carbocycles. The van der Waals surface area contributed by atoms with Gasteiger partial charge in [0.2, 0.25) is 5.78 Å². The molecule has 1 atom stereocenters. The van der Waals surface area contributed by atoms with Gasteiger partial charge in [0.05, 0.1) is 0 Å². The van der Waals surface area contributed by atoms with Gasteiger partial charge in [-0.15, -0.1) is 0 Å². The highest BCUT2D eigenvalue weighted by molar-refractivity contribution is 7.52. The summed E-state index contributed by atoms with van der Waals surface area (Å²) < 4.78 is 11.6. The summed E-state index contributed by atoms with van der Waals surface area (Å²) in [5.41, 5.74) is 0.377. The molecule has 0 bridgehead atoms. The average Bonchev–Trinajstić information content (AvgIpc) is 2.52. The van der Waals surface area contributed by atoms with E-state index in [2.05, 4.69) is 5.32 Å². The fourth-order valence-electron chi connectivity index (χ4n) is 1.91. The van der Waals surface area contributed by atoms with Crippen molar-refractivity contribution in [2.75, 3.05) is 0 Å². The number of amides is 1. The number of hydrogen-bond donors (Lipinski definition) is 3. The van der Waals surface area contributed by atoms with Crippen LogP contribution in [0.4, 0.5) is 0 Å². The maximum absolute atomic E-state index is 12.0. The first-order valence-corrected chi connectivity index (χ1v) is 8.08. The normalized spacial score (nSPS) is 12.5. The molecule has 0 saturated heterocycles. The Labute approximate surface area is 127 Å². The molecule has 0 fully saturated rings. The smallest absolute Gasteiger partial charge is 0.331 e. The van der Waals surface area contributed by atoms with Crippen molar-refractivity contribution in [3.8, 4) is 0 Å². The number of hydrogen-bond acceptors (Lipinski definition) is 3. The van der Waals surface area contributed by atoms with E-state index in [1.807, 2.05) is 0 Å². The first-order valence-electron chi connectivity index (χ1n) is 6.40. The number of ketones is 1. The summed E-state index contributed by atoms with van der Waals surface area (Å²) in [5, 5.41) is 2.12. The van der Waals surface area contributed by atoms with Crippen LogP contribution in [0.3, 0.4) is 0 Å². The van der Waals surface area contributed by atoms with E-state index in [0.717, 1.165) is 0 Å². The van der Waals surface area contributed by atoms with E-state index >= 15 is 0 Å². The van der Waals surface area contributed by atoms with Crippen molar-refractivity contribution in [2.45, 2.75) is 5.78 Å². The quantitative estimate of drug-likeness (QED) is 0.443. The van der Waals surface area contributed by atoms with Gasteiger partial charge in [-0.25, -0.2) is 0 Å². The predicted molar refractivity (Wildman–Crippen MR) is 80.1 cm³/mol. The third-order valence-corrected chi connectivity index (χ3v) is 4.06.